The predicted octanol–water partition coefficient (Wildman–Crippen LogP) is 13.3. The summed E-state index contributed by atoms with van der Waals surface area (Å²) in [5.74, 6) is 1.34. The zero-order valence-corrected chi connectivity index (χ0v) is 36.2. The molecule has 63 heavy (non-hydrogen) atoms. The van der Waals surface area contributed by atoms with Crippen molar-refractivity contribution >= 4 is 63.6 Å². The van der Waals surface area contributed by atoms with E-state index in [4.69, 9.17) is 4.98 Å². The number of para-hydroxylation sites is 7. The molecule has 2 atom stereocenters. The van der Waals surface area contributed by atoms with Crippen LogP contribution in [0, 0.1) is 5.92 Å². The predicted molar refractivity (Wildman–Crippen MR) is 263 cm³/mol. The Labute approximate surface area is 369 Å². The minimum atomic E-state index is -2.32. The Morgan fingerprint density at radius 3 is 1.78 bits per heavy atom. The molecular weight excluding hydrogens is 781 g/mol. The number of nitrogens with zero attached hydrogens (tertiary/aromatic N) is 4. The van der Waals surface area contributed by atoms with E-state index in [9.17, 15) is 0 Å². The molecule has 0 saturated heterocycles. The van der Waals surface area contributed by atoms with E-state index in [0.717, 1.165) is 33.8 Å². The Morgan fingerprint density at radius 1 is 0.476 bits per heavy atom. The third-order valence-electron chi connectivity index (χ3n) is 14.4. The zero-order chi connectivity index (χ0) is 41.9. The first-order valence-corrected chi connectivity index (χ1v) is 25.1. The molecular formula is C58H44N4Si-. The highest BCUT2D eigenvalue weighted by molar-refractivity contribution is 7.03. The van der Waals surface area contributed by atoms with Crippen LogP contribution in [-0.4, -0.2) is 17.6 Å². The first-order chi connectivity index (χ1) is 31.0. The van der Waals surface area contributed by atoms with E-state index in [0.29, 0.717) is 0 Å². The quantitative estimate of drug-likeness (QED) is 0.165. The minimum Gasteiger partial charge on any atom is -0.316 e. The Bertz CT molecular complexity index is 3300. The summed E-state index contributed by atoms with van der Waals surface area (Å²) in [5, 5.41) is 3.01. The number of fused-ring (bicyclic) bond motifs is 13. The maximum atomic E-state index is 5.21. The van der Waals surface area contributed by atoms with Gasteiger partial charge in [-0.3, -0.25) is 4.57 Å². The van der Waals surface area contributed by atoms with Gasteiger partial charge in [-0.25, -0.2) is 4.98 Å². The van der Waals surface area contributed by atoms with Gasteiger partial charge >= 0.3 is 0 Å². The van der Waals surface area contributed by atoms with Crippen molar-refractivity contribution in [3.05, 3.63) is 241 Å². The lowest BCUT2D eigenvalue weighted by atomic mass is 9.61. The van der Waals surface area contributed by atoms with Gasteiger partial charge in [0.2, 0.25) is 0 Å². The van der Waals surface area contributed by atoms with Gasteiger partial charge in [-0.15, -0.1) is 0 Å². The molecule has 1 spiro atoms. The van der Waals surface area contributed by atoms with E-state index < -0.39 is 13.5 Å². The second-order valence-electron chi connectivity index (χ2n) is 17.9. The highest BCUT2D eigenvalue weighted by atomic mass is 28.3. The molecule has 301 valence electrons. The zero-order valence-electron chi connectivity index (χ0n) is 35.2. The lowest BCUT2D eigenvalue weighted by Gasteiger charge is -2.51. The maximum absolute atomic E-state index is 5.21. The largest absolute Gasteiger partial charge is 0.316 e. The molecule has 3 heterocycles. The van der Waals surface area contributed by atoms with E-state index >= 15 is 0 Å². The lowest BCUT2D eigenvalue weighted by Crippen LogP contribution is -2.60. The van der Waals surface area contributed by atoms with Gasteiger partial charge in [0.05, 0.1) is 27.8 Å². The van der Waals surface area contributed by atoms with Crippen molar-refractivity contribution in [1.82, 2.24) is 9.55 Å². The van der Waals surface area contributed by atoms with Crippen molar-refractivity contribution in [2.45, 2.75) is 24.4 Å². The summed E-state index contributed by atoms with van der Waals surface area (Å²) in [6.45, 7) is 5.17. The van der Waals surface area contributed by atoms with Crippen LogP contribution in [0.2, 0.25) is 13.1 Å². The molecule has 2 aliphatic heterocycles. The average molecular weight is 825 g/mol. The van der Waals surface area contributed by atoms with Crippen LogP contribution in [0.4, 0.5) is 34.1 Å². The van der Waals surface area contributed by atoms with Crippen molar-refractivity contribution in [1.29, 1.82) is 0 Å². The Morgan fingerprint density at radius 2 is 1.05 bits per heavy atom. The summed E-state index contributed by atoms with van der Waals surface area (Å²) in [5.41, 5.74) is 17.0. The van der Waals surface area contributed by atoms with Crippen molar-refractivity contribution < 1.29 is 0 Å². The van der Waals surface area contributed by atoms with Gasteiger partial charge in [0.1, 0.15) is 5.82 Å². The molecule has 0 bridgehead atoms. The molecule has 4 aliphatic rings. The number of allylic oxidation sites excluding steroid dienone is 4. The Balaban J connectivity index is 1.03. The number of imidazole rings is 1. The first kappa shape index (κ1) is 36.2. The summed E-state index contributed by atoms with van der Waals surface area (Å²) < 4.78 is 2.28. The summed E-state index contributed by atoms with van der Waals surface area (Å²) in [6.07, 6.45) is 9.63. The molecule has 0 radical (unpaired) electrons. The number of anilines is 6. The van der Waals surface area contributed by atoms with Gasteiger partial charge in [0.15, 0.2) is 0 Å². The number of hydrogen-bond acceptors (Lipinski definition) is 3. The molecule has 4 nitrogen and oxygen atoms in total. The fourth-order valence-electron chi connectivity index (χ4n) is 12.0. The minimum absolute atomic E-state index is 0.197. The molecule has 0 amide bonds. The second kappa shape index (κ2) is 13.5. The van der Waals surface area contributed by atoms with Crippen molar-refractivity contribution in [2.75, 3.05) is 9.80 Å². The van der Waals surface area contributed by atoms with E-state index in [1.807, 2.05) is 0 Å². The number of aromatic nitrogens is 2. The van der Waals surface area contributed by atoms with Crippen LogP contribution in [0.15, 0.2) is 218 Å². The van der Waals surface area contributed by atoms with Crippen LogP contribution in [0.1, 0.15) is 28.2 Å². The van der Waals surface area contributed by atoms with Crippen LogP contribution in [0.5, 0.6) is 0 Å². The fraction of sp³-hybridized carbons (Fsp3) is 0.0862. The van der Waals surface area contributed by atoms with Crippen LogP contribution in [0.3, 0.4) is 0 Å². The molecule has 9 aromatic rings. The van der Waals surface area contributed by atoms with Gasteiger partial charge in [0, 0.05) is 45.8 Å². The SMILES string of the molecule is C[Si-]1(C)c2ccccc2N(c2ccc(-c3nc4ccccc4n3-c3ccccc3)cc2)c2ccc3c(c21)C1C=CC=CC1C31c2ccccc2N(c2ccccc2)c2ccccc21. The molecule has 13 rings (SSSR count). The van der Waals surface area contributed by atoms with Crippen LogP contribution >= 0.6 is 0 Å². The van der Waals surface area contributed by atoms with Gasteiger partial charge in [-0.05, 0) is 102 Å². The smallest absolute Gasteiger partial charge is 0.145 e. The second-order valence-corrected chi connectivity index (χ2v) is 22.2. The van der Waals surface area contributed by atoms with Crippen LogP contribution < -0.4 is 20.2 Å². The van der Waals surface area contributed by atoms with Crippen molar-refractivity contribution in [2.24, 2.45) is 5.92 Å². The van der Waals surface area contributed by atoms with Crippen molar-refractivity contribution in [3.63, 3.8) is 0 Å². The highest BCUT2D eigenvalue weighted by Crippen LogP contribution is 2.66. The van der Waals surface area contributed by atoms with Gasteiger partial charge in [0.25, 0.3) is 0 Å². The topological polar surface area (TPSA) is 24.3 Å². The van der Waals surface area contributed by atoms with Crippen LogP contribution in [0.25, 0.3) is 28.1 Å². The Kier molecular flexibility index (Phi) is 7.77. The van der Waals surface area contributed by atoms with E-state index in [-0.39, 0.29) is 11.8 Å². The molecule has 1 aromatic heterocycles. The third kappa shape index (κ3) is 4.94. The third-order valence-corrected chi connectivity index (χ3v) is 18.0. The van der Waals surface area contributed by atoms with Gasteiger partial charge in [-0.1, -0.05) is 147 Å². The van der Waals surface area contributed by atoms with Gasteiger partial charge in [-0.2, -0.15) is 23.5 Å². The summed E-state index contributed by atoms with van der Waals surface area (Å²) in [6, 6.07) is 71.6. The van der Waals surface area contributed by atoms with E-state index in [1.54, 1.807) is 5.19 Å². The molecule has 2 aliphatic carbocycles. The van der Waals surface area contributed by atoms with Crippen molar-refractivity contribution in [3.8, 4) is 17.1 Å². The summed E-state index contributed by atoms with van der Waals surface area (Å²) in [4.78, 5) is 10.2. The monoisotopic (exact) mass is 824 g/mol. The molecule has 8 aromatic carbocycles. The molecule has 5 heteroatoms. The standard InChI is InChI=1S/C58H44N4Si/c1-63(2)54-32-18-17-31-52(54)61(42-35-33-39(34-36-42)57-59-48-27-13-16-30-51(48)62(57)41-21-7-4-8-22-41)53-38-37-47-55(56(53)63)43-23-9-10-24-44(43)58(47)45-25-11-14-28-49(45)60(40-19-5-3-6-20-40)50-29-15-12-26-46(50)58/h3-38,43-44H,1-2H3/q-1. The van der Waals surface area contributed by atoms with Gasteiger partial charge < -0.3 is 9.80 Å². The van der Waals surface area contributed by atoms with E-state index in [2.05, 4.69) is 246 Å². The summed E-state index contributed by atoms with van der Waals surface area (Å²) in [7, 11) is -2.32. The van der Waals surface area contributed by atoms with E-state index in [1.165, 1.54) is 55.9 Å². The normalized spacial score (nSPS) is 18.1. The van der Waals surface area contributed by atoms with Crippen LogP contribution in [-0.2, 0) is 5.41 Å². The molecule has 2 unspecified atom stereocenters. The first-order valence-electron chi connectivity index (χ1n) is 22.1. The molecule has 0 saturated carbocycles. The lowest BCUT2D eigenvalue weighted by molar-refractivity contribution is 0.454. The molecule has 0 N–H and O–H groups in total. The Hall–Kier alpha value is -7.47. The molecule has 0 fully saturated rings. The average Bonchev–Trinajstić information content (AvgIpc) is 3.87. The summed E-state index contributed by atoms with van der Waals surface area (Å²) >= 11 is 0. The maximum Gasteiger partial charge on any atom is 0.145 e. The number of benzene rings is 8. The number of hydrogen-bond donors (Lipinski definition) is 0. The highest BCUT2D eigenvalue weighted by Gasteiger charge is 2.58. The number of rotatable bonds is 4. The fourth-order valence-corrected chi connectivity index (χ4v) is 15.4.